The molecule has 0 radical (unpaired) electrons. The van der Waals surface area contributed by atoms with Gasteiger partial charge in [-0.05, 0) is 13.8 Å². The summed E-state index contributed by atoms with van der Waals surface area (Å²) in [5, 5.41) is 9.49. The molecular weight excluding hydrogens is 144 g/mol. The van der Waals surface area contributed by atoms with Crippen LogP contribution in [0.3, 0.4) is 0 Å². The van der Waals surface area contributed by atoms with Crippen LogP contribution in [-0.4, -0.2) is 23.3 Å². The summed E-state index contributed by atoms with van der Waals surface area (Å²) in [6, 6.07) is 0. The molecule has 0 amide bonds. The Labute approximate surface area is 66.4 Å². The maximum atomic E-state index is 11.0. The van der Waals surface area contributed by atoms with Crippen molar-refractivity contribution in [1.29, 1.82) is 0 Å². The zero-order valence-electron chi connectivity index (χ0n) is 7.07. The van der Waals surface area contributed by atoms with Gasteiger partial charge in [0.05, 0.1) is 12.0 Å². The number of ether oxygens (including phenoxy) is 1. The molecule has 1 unspecified atom stereocenters. The predicted octanol–water partition coefficient (Wildman–Crippen LogP) is 0.565. The van der Waals surface area contributed by atoms with Crippen molar-refractivity contribution < 1.29 is 14.6 Å². The third-order valence-corrected chi connectivity index (χ3v) is 2.47. The van der Waals surface area contributed by atoms with Gasteiger partial charge in [-0.1, -0.05) is 6.92 Å². The summed E-state index contributed by atoms with van der Waals surface area (Å²) in [4.78, 5) is 11.0. The molecule has 3 heteroatoms. The van der Waals surface area contributed by atoms with Gasteiger partial charge in [0, 0.05) is 5.92 Å². The summed E-state index contributed by atoms with van der Waals surface area (Å²) >= 11 is 0. The van der Waals surface area contributed by atoms with E-state index in [1.165, 1.54) is 0 Å². The third-order valence-electron chi connectivity index (χ3n) is 2.47. The largest absolute Gasteiger partial charge is 0.462 e. The number of aliphatic hydroxyl groups excluding tert-OH is 1. The molecule has 0 aliphatic carbocycles. The second kappa shape index (κ2) is 2.81. The molecule has 11 heavy (non-hydrogen) atoms. The zero-order valence-corrected chi connectivity index (χ0v) is 7.07. The Morgan fingerprint density at radius 2 is 1.91 bits per heavy atom. The highest BCUT2D eigenvalue weighted by Gasteiger charge is 2.37. The second-order valence-corrected chi connectivity index (χ2v) is 3.28. The summed E-state index contributed by atoms with van der Waals surface area (Å²) in [6.45, 7) is 5.38. The lowest BCUT2D eigenvalue weighted by molar-refractivity contribution is -0.175. The van der Waals surface area contributed by atoms with Gasteiger partial charge >= 0.3 is 5.97 Å². The first-order valence-corrected chi connectivity index (χ1v) is 3.92. The average molecular weight is 158 g/mol. The van der Waals surface area contributed by atoms with Gasteiger partial charge in [0.2, 0.25) is 0 Å². The van der Waals surface area contributed by atoms with E-state index in [2.05, 4.69) is 0 Å². The van der Waals surface area contributed by atoms with Gasteiger partial charge in [-0.2, -0.15) is 0 Å². The lowest BCUT2D eigenvalue weighted by Crippen LogP contribution is -2.45. The maximum Gasteiger partial charge on any atom is 0.311 e. The van der Waals surface area contributed by atoms with E-state index in [0.717, 1.165) is 0 Å². The van der Waals surface area contributed by atoms with E-state index in [9.17, 15) is 9.90 Å². The lowest BCUT2D eigenvalue weighted by Gasteiger charge is -2.34. The Kier molecular flexibility index (Phi) is 2.18. The minimum Gasteiger partial charge on any atom is -0.462 e. The van der Waals surface area contributed by atoms with E-state index in [-0.39, 0.29) is 23.9 Å². The highest BCUT2D eigenvalue weighted by molar-refractivity contribution is 5.73. The molecule has 1 heterocycles. The van der Waals surface area contributed by atoms with Crippen molar-refractivity contribution in [1.82, 2.24) is 0 Å². The first kappa shape index (κ1) is 8.53. The molecule has 4 atom stereocenters. The lowest BCUT2D eigenvalue weighted by atomic mass is 9.87. The molecule has 1 aliphatic heterocycles. The molecule has 0 aromatic carbocycles. The summed E-state index contributed by atoms with van der Waals surface area (Å²) in [6.07, 6.45) is -0.708. The Morgan fingerprint density at radius 1 is 1.36 bits per heavy atom. The van der Waals surface area contributed by atoms with Crippen LogP contribution in [-0.2, 0) is 9.53 Å². The first-order chi connectivity index (χ1) is 5.04. The summed E-state index contributed by atoms with van der Waals surface area (Å²) in [5.41, 5.74) is 0. The van der Waals surface area contributed by atoms with Crippen LogP contribution in [0.1, 0.15) is 20.8 Å². The summed E-state index contributed by atoms with van der Waals surface area (Å²) < 4.78 is 4.98. The number of hydrogen-bond acceptors (Lipinski definition) is 3. The topological polar surface area (TPSA) is 46.5 Å². The van der Waals surface area contributed by atoms with Gasteiger partial charge in [0.1, 0.15) is 6.10 Å². The van der Waals surface area contributed by atoms with Crippen LogP contribution in [0.15, 0.2) is 0 Å². The van der Waals surface area contributed by atoms with Crippen molar-refractivity contribution >= 4 is 5.97 Å². The van der Waals surface area contributed by atoms with Crippen molar-refractivity contribution in [2.75, 3.05) is 0 Å². The summed E-state index contributed by atoms with van der Waals surface area (Å²) in [7, 11) is 0. The van der Waals surface area contributed by atoms with E-state index in [1.54, 1.807) is 13.8 Å². The van der Waals surface area contributed by atoms with Gasteiger partial charge in [-0.15, -0.1) is 0 Å². The number of cyclic esters (lactones) is 1. The Bertz CT molecular complexity index is 167. The normalized spacial score (nSPS) is 45.3. The fraction of sp³-hybridized carbons (Fsp3) is 0.875. The molecule has 1 aliphatic rings. The quantitative estimate of drug-likeness (QED) is 0.524. The third kappa shape index (κ3) is 1.38. The first-order valence-electron chi connectivity index (χ1n) is 3.92. The van der Waals surface area contributed by atoms with Crippen molar-refractivity contribution in [2.24, 2.45) is 11.8 Å². The zero-order chi connectivity index (χ0) is 8.59. The van der Waals surface area contributed by atoms with Gasteiger partial charge < -0.3 is 9.84 Å². The molecule has 1 fully saturated rings. The number of carbonyl (C=O) groups is 1. The van der Waals surface area contributed by atoms with E-state index < -0.39 is 6.10 Å². The van der Waals surface area contributed by atoms with Crippen LogP contribution in [0.2, 0.25) is 0 Å². The van der Waals surface area contributed by atoms with Crippen molar-refractivity contribution in [3.05, 3.63) is 0 Å². The second-order valence-electron chi connectivity index (χ2n) is 3.28. The van der Waals surface area contributed by atoms with Crippen molar-refractivity contribution in [2.45, 2.75) is 33.0 Å². The molecule has 0 aromatic heterocycles. The van der Waals surface area contributed by atoms with E-state index in [0.29, 0.717) is 0 Å². The molecule has 1 rings (SSSR count). The van der Waals surface area contributed by atoms with Gasteiger partial charge in [0.15, 0.2) is 0 Å². The highest BCUT2D eigenvalue weighted by Crippen LogP contribution is 2.25. The van der Waals surface area contributed by atoms with Crippen LogP contribution < -0.4 is 0 Å². The molecule has 0 saturated carbocycles. The maximum absolute atomic E-state index is 11.0. The minimum absolute atomic E-state index is 0.0442. The van der Waals surface area contributed by atoms with Crippen LogP contribution in [0.5, 0.6) is 0 Å². The molecule has 0 bridgehead atoms. The number of hydrogen-bond donors (Lipinski definition) is 1. The van der Waals surface area contributed by atoms with Crippen molar-refractivity contribution in [3.63, 3.8) is 0 Å². The smallest absolute Gasteiger partial charge is 0.311 e. The molecule has 64 valence electrons. The molecule has 3 nitrogen and oxygen atoms in total. The van der Waals surface area contributed by atoms with Crippen LogP contribution in [0.25, 0.3) is 0 Å². The standard InChI is InChI=1S/C8H14O3/c1-4-6(3)11-8(10)5(2)7(4)9/h4-7,9H,1-3H3/t4-,5?,6+,7-/m0/s1. The van der Waals surface area contributed by atoms with Crippen LogP contribution >= 0.6 is 0 Å². The highest BCUT2D eigenvalue weighted by atomic mass is 16.5. The number of aliphatic hydroxyl groups is 1. The summed E-state index contributed by atoms with van der Waals surface area (Å²) in [5.74, 6) is -0.619. The SMILES string of the molecule is CC1C(=O)O[C@H](C)[C@H](C)[C@@H]1O. The number of esters is 1. The molecule has 0 aromatic rings. The fourth-order valence-electron chi connectivity index (χ4n) is 1.27. The van der Waals surface area contributed by atoms with E-state index >= 15 is 0 Å². The van der Waals surface area contributed by atoms with Gasteiger partial charge in [0.25, 0.3) is 0 Å². The minimum atomic E-state index is -0.550. The molecular formula is C8H14O3. The average Bonchev–Trinajstić information content (AvgIpc) is 1.97. The molecule has 1 saturated heterocycles. The van der Waals surface area contributed by atoms with Crippen molar-refractivity contribution in [3.8, 4) is 0 Å². The van der Waals surface area contributed by atoms with Gasteiger partial charge in [-0.3, -0.25) is 4.79 Å². The molecule has 1 N–H and O–H groups in total. The van der Waals surface area contributed by atoms with E-state index in [1.807, 2.05) is 6.92 Å². The Morgan fingerprint density at radius 3 is 2.45 bits per heavy atom. The van der Waals surface area contributed by atoms with Gasteiger partial charge in [-0.25, -0.2) is 0 Å². The monoisotopic (exact) mass is 158 g/mol. The van der Waals surface area contributed by atoms with E-state index in [4.69, 9.17) is 4.74 Å². The Balaban J connectivity index is 2.70. The number of rotatable bonds is 0. The Hall–Kier alpha value is -0.570. The number of carbonyl (C=O) groups excluding carboxylic acids is 1. The van der Waals surface area contributed by atoms with Crippen LogP contribution in [0.4, 0.5) is 0 Å². The fourth-order valence-corrected chi connectivity index (χ4v) is 1.27. The predicted molar refractivity (Wildman–Crippen MR) is 39.9 cm³/mol. The van der Waals surface area contributed by atoms with Crippen LogP contribution in [0, 0.1) is 11.8 Å². The molecule has 0 spiro atoms.